The smallest absolute Gasteiger partial charge is 0.145 e. The number of rotatable bonds is 4. The third-order valence-corrected chi connectivity index (χ3v) is 13.0. The predicted molar refractivity (Wildman–Crippen MR) is 222 cm³/mol. The van der Waals surface area contributed by atoms with Crippen LogP contribution in [0.25, 0.3) is 71.7 Å². The molecule has 2 aromatic heterocycles. The van der Waals surface area contributed by atoms with Crippen molar-refractivity contribution in [3.8, 4) is 27.9 Å². The Hall–Kier alpha value is -6.06. The first-order chi connectivity index (χ1) is 26.0. The van der Waals surface area contributed by atoms with Crippen molar-refractivity contribution in [3.63, 3.8) is 0 Å². The maximum atomic E-state index is 6.49. The van der Waals surface area contributed by atoms with E-state index in [1.807, 2.05) is 6.07 Å². The number of fused-ring (bicyclic) bond motifs is 9. The summed E-state index contributed by atoms with van der Waals surface area (Å²) in [6.07, 6.45) is 4.97. The normalized spacial score (nSPS) is 19.7. The van der Waals surface area contributed by atoms with Gasteiger partial charge in [0.1, 0.15) is 11.2 Å². The molecule has 1 fully saturated rings. The van der Waals surface area contributed by atoms with Crippen molar-refractivity contribution < 1.29 is 4.42 Å². The van der Waals surface area contributed by atoms with Gasteiger partial charge in [0.05, 0.1) is 16.4 Å². The molecule has 7 aromatic carbocycles. The van der Waals surface area contributed by atoms with Crippen LogP contribution < -0.4 is 4.90 Å². The van der Waals surface area contributed by atoms with E-state index in [1.165, 1.54) is 69.4 Å². The number of anilines is 2. The van der Waals surface area contributed by atoms with Crippen LogP contribution in [-0.4, -0.2) is 10.1 Å². The molecule has 2 aliphatic rings. The zero-order valence-electron chi connectivity index (χ0n) is 30.1. The second-order valence-electron chi connectivity index (χ2n) is 15.8. The van der Waals surface area contributed by atoms with Crippen LogP contribution in [0.15, 0.2) is 162 Å². The fourth-order valence-electron chi connectivity index (χ4n) is 10.0. The van der Waals surface area contributed by atoms with Gasteiger partial charge in [-0.25, -0.2) is 0 Å². The molecule has 1 aliphatic heterocycles. The Kier molecular flexibility index (Phi) is 6.47. The highest BCUT2D eigenvalue weighted by atomic mass is 16.3. The van der Waals surface area contributed by atoms with Crippen molar-refractivity contribution in [3.05, 3.63) is 163 Å². The third-order valence-electron chi connectivity index (χ3n) is 13.0. The van der Waals surface area contributed by atoms with Gasteiger partial charge >= 0.3 is 0 Å². The van der Waals surface area contributed by atoms with Gasteiger partial charge in [-0.3, -0.25) is 0 Å². The Balaban J connectivity index is 0.904. The molecule has 3 heteroatoms. The van der Waals surface area contributed by atoms with Crippen LogP contribution in [0, 0.1) is 5.41 Å². The Morgan fingerprint density at radius 3 is 1.85 bits per heavy atom. The van der Waals surface area contributed by atoms with Crippen LogP contribution in [0.3, 0.4) is 0 Å². The second-order valence-corrected chi connectivity index (χ2v) is 15.8. The van der Waals surface area contributed by atoms with Crippen molar-refractivity contribution in [1.29, 1.82) is 0 Å². The van der Waals surface area contributed by atoms with Crippen molar-refractivity contribution in [2.45, 2.75) is 45.1 Å². The van der Waals surface area contributed by atoms with Gasteiger partial charge in [0.2, 0.25) is 0 Å². The summed E-state index contributed by atoms with van der Waals surface area (Å²) in [5.41, 5.74) is 14.7. The summed E-state index contributed by atoms with van der Waals surface area (Å²) in [4.78, 5) is 2.66. The van der Waals surface area contributed by atoms with Crippen LogP contribution in [0.2, 0.25) is 0 Å². The monoisotopic (exact) mass is 684 g/mol. The van der Waals surface area contributed by atoms with Gasteiger partial charge in [-0.1, -0.05) is 116 Å². The molecular weight excluding hydrogens is 645 g/mol. The minimum Gasteiger partial charge on any atom is -0.455 e. The number of para-hydroxylation sites is 3. The summed E-state index contributed by atoms with van der Waals surface area (Å²) < 4.78 is 8.86. The molecule has 0 spiro atoms. The Morgan fingerprint density at radius 1 is 0.509 bits per heavy atom. The first-order valence-corrected chi connectivity index (χ1v) is 19.0. The van der Waals surface area contributed by atoms with Gasteiger partial charge < -0.3 is 13.9 Å². The van der Waals surface area contributed by atoms with Crippen molar-refractivity contribution in [2.75, 3.05) is 4.90 Å². The molecule has 0 amide bonds. The van der Waals surface area contributed by atoms with E-state index in [9.17, 15) is 0 Å². The number of nitrogens with zero attached hydrogens (tertiary/aromatic N) is 2. The van der Waals surface area contributed by atoms with E-state index < -0.39 is 0 Å². The number of benzene rings is 7. The maximum absolute atomic E-state index is 6.49. The van der Waals surface area contributed by atoms with Crippen molar-refractivity contribution in [1.82, 2.24) is 4.57 Å². The number of aromatic nitrogens is 1. The lowest BCUT2D eigenvalue weighted by Crippen LogP contribution is -2.56. The Labute approximate surface area is 309 Å². The van der Waals surface area contributed by atoms with Crippen LogP contribution >= 0.6 is 0 Å². The van der Waals surface area contributed by atoms with Gasteiger partial charge in [0.25, 0.3) is 0 Å². The maximum Gasteiger partial charge on any atom is 0.145 e. The molecule has 0 bridgehead atoms. The van der Waals surface area contributed by atoms with E-state index in [0.717, 1.165) is 44.9 Å². The molecule has 53 heavy (non-hydrogen) atoms. The van der Waals surface area contributed by atoms with E-state index in [-0.39, 0.29) is 11.0 Å². The zero-order valence-corrected chi connectivity index (χ0v) is 30.1. The van der Waals surface area contributed by atoms with Crippen LogP contribution in [0.1, 0.15) is 38.7 Å². The molecule has 0 saturated heterocycles. The Morgan fingerprint density at radius 2 is 1.11 bits per heavy atom. The number of furan rings is 1. The quantitative estimate of drug-likeness (QED) is 0.184. The lowest BCUT2D eigenvalue weighted by atomic mass is 9.66. The molecule has 1 aliphatic carbocycles. The van der Waals surface area contributed by atoms with E-state index in [1.54, 1.807) is 0 Å². The summed E-state index contributed by atoms with van der Waals surface area (Å²) in [5.74, 6) is 0. The van der Waals surface area contributed by atoms with E-state index >= 15 is 0 Å². The number of hydrogen-bond donors (Lipinski definition) is 0. The summed E-state index contributed by atoms with van der Waals surface area (Å²) in [6.45, 7) is 5.01. The average molecular weight is 685 g/mol. The highest BCUT2D eigenvalue weighted by Crippen LogP contribution is 2.59. The molecule has 11 rings (SSSR count). The fourth-order valence-corrected chi connectivity index (χ4v) is 10.0. The highest BCUT2D eigenvalue weighted by molar-refractivity contribution is 6.23. The molecule has 0 N–H and O–H groups in total. The molecule has 2 unspecified atom stereocenters. The largest absolute Gasteiger partial charge is 0.455 e. The first-order valence-electron chi connectivity index (χ1n) is 19.0. The van der Waals surface area contributed by atoms with Gasteiger partial charge in [-0.05, 0) is 114 Å². The second kappa shape index (κ2) is 11.2. The van der Waals surface area contributed by atoms with E-state index in [2.05, 4.69) is 175 Å². The molecule has 2 atom stereocenters. The van der Waals surface area contributed by atoms with E-state index in [4.69, 9.17) is 4.42 Å². The topological polar surface area (TPSA) is 21.3 Å². The minimum atomic E-state index is 0.114. The molecule has 0 radical (unpaired) electrons. The van der Waals surface area contributed by atoms with Crippen LogP contribution in [0.5, 0.6) is 0 Å². The predicted octanol–water partition coefficient (Wildman–Crippen LogP) is 13.7. The molecule has 3 nitrogen and oxygen atoms in total. The van der Waals surface area contributed by atoms with Gasteiger partial charge in [-0.15, -0.1) is 0 Å². The molecular formula is C50H40N2O. The van der Waals surface area contributed by atoms with Crippen LogP contribution in [-0.2, 0) is 6.42 Å². The summed E-state index contributed by atoms with van der Waals surface area (Å²) in [7, 11) is 0. The SMILES string of the molecule is CC12CCCC1(C)N(c1ccc(-c3ccc(-c4ccc(-n5c6ccccc6c6c7oc8ccccc8c7ccc65)cc4)cc3)cc1)c1ccccc1C2. The van der Waals surface area contributed by atoms with Crippen molar-refractivity contribution in [2.24, 2.45) is 5.41 Å². The molecule has 9 aromatic rings. The average Bonchev–Trinajstić information content (AvgIpc) is 3.85. The Bertz CT molecular complexity index is 2860. The lowest BCUT2D eigenvalue weighted by Gasteiger charge is -2.54. The van der Waals surface area contributed by atoms with Gasteiger partial charge in [0, 0.05) is 38.8 Å². The van der Waals surface area contributed by atoms with Crippen molar-refractivity contribution >= 4 is 55.1 Å². The number of hydrogen-bond acceptors (Lipinski definition) is 2. The summed E-state index contributed by atoms with van der Waals surface area (Å²) >= 11 is 0. The van der Waals surface area contributed by atoms with Gasteiger partial charge in [0.15, 0.2) is 0 Å². The molecule has 1 saturated carbocycles. The summed E-state index contributed by atoms with van der Waals surface area (Å²) in [5, 5.41) is 4.67. The molecule has 256 valence electrons. The minimum absolute atomic E-state index is 0.114. The third kappa shape index (κ3) is 4.40. The van der Waals surface area contributed by atoms with E-state index in [0.29, 0.717) is 0 Å². The summed E-state index contributed by atoms with van der Waals surface area (Å²) in [6, 6.07) is 57.7. The lowest BCUT2D eigenvalue weighted by molar-refractivity contribution is 0.187. The highest BCUT2D eigenvalue weighted by Gasteiger charge is 2.55. The standard InChI is InChI=1S/C50H40N2O/c1-49-30-9-31-50(49,2)52(43-13-6-3-10-37(43)32-49)39-26-22-36(23-27-39)34-18-16-33(17-19-34)35-20-24-38(25-21-35)51-44-14-7-4-12-42(44)47-45(51)29-28-41-40-11-5-8-15-46(40)53-48(41)47/h3-8,10-29H,9,30-32H2,1-2H3. The van der Waals surface area contributed by atoms with Gasteiger partial charge in [-0.2, -0.15) is 0 Å². The first kappa shape index (κ1) is 30.6. The zero-order chi connectivity index (χ0) is 35.3. The fraction of sp³-hybridized carbons (Fsp3) is 0.160. The molecule has 3 heterocycles. The van der Waals surface area contributed by atoms with Crippen LogP contribution in [0.4, 0.5) is 11.4 Å².